The number of hydrogen-bond donors (Lipinski definition) is 1. The van der Waals surface area contributed by atoms with Crippen molar-refractivity contribution < 1.29 is 18.3 Å². The molecule has 1 atom stereocenters. The first-order valence-electron chi connectivity index (χ1n) is 12.7. The number of carbonyl (C=O) groups excluding carboxylic acids is 1. The van der Waals surface area contributed by atoms with Gasteiger partial charge >= 0.3 is 191 Å². The number of carbonyl (C=O) groups is 1. The summed E-state index contributed by atoms with van der Waals surface area (Å²) in [5.41, 5.74) is 1.05. The summed E-state index contributed by atoms with van der Waals surface area (Å²) in [6.07, 6.45) is 18.5. The van der Waals surface area contributed by atoms with Crippen molar-refractivity contribution >= 4 is 17.8 Å². The number of nitrogens with one attached hydrogen (secondary N) is 1. The van der Waals surface area contributed by atoms with E-state index in [1.54, 1.807) is 0 Å². The first-order chi connectivity index (χ1) is 14.5. The Bertz CT molecular complexity index is 839. The Morgan fingerprint density at radius 1 is 0.903 bits per heavy atom. The van der Waals surface area contributed by atoms with E-state index in [9.17, 15) is 4.79 Å². The zero-order chi connectivity index (χ0) is 22.7. The second-order valence-electron chi connectivity index (χ2n) is 13.3. The molecule has 1 amide bonds. The van der Waals surface area contributed by atoms with Crippen LogP contribution in [0.1, 0.15) is 64.2 Å². The van der Waals surface area contributed by atoms with Crippen molar-refractivity contribution in [1.29, 1.82) is 0 Å². The molecule has 0 radical (unpaired) electrons. The van der Waals surface area contributed by atoms with Crippen molar-refractivity contribution in [2.75, 3.05) is 0 Å². The normalized spacial score (nSPS) is 23.2. The number of rotatable bonds is 5. The van der Waals surface area contributed by atoms with Crippen LogP contribution in [0.15, 0.2) is 54.1 Å². The van der Waals surface area contributed by atoms with Crippen LogP contribution >= 0.6 is 0 Å². The minimum atomic E-state index is -3.79. The molecular formula is C27H45NOSiTi. The molecule has 172 valence electrons. The van der Waals surface area contributed by atoms with Crippen LogP contribution in [0.5, 0.6) is 0 Å². The van der Waals surface area contributed by atoms with Crippen LogP contribution in [0.25, 0.3) is 0 Å². The van der Waals surface area contributed by atoms with Crippen LogP contribution in [0.2, 0.25) is 27.5 Å². The molecule has 1 N–H and O–H groups in total. The van der Waals surface area contributed by atoms with Crippen molar-refractivity contribution in [1.82, 2.24) is 3.80 Å². The fourth-order valence-corrected chi connectivity index (χ4v) is 19.6. The van der Waals surface area contributed by atoms with Gasteiger partial charge < -0.3 is 0 Å². The van der Waals surface area contributed by atoms with Gasteiger partial charge in [0.2, 0.25) is 0 Å². The standard InChI is InChI=1S/C16H25NO.C7H9Si.4CH3.Ti/c17-15(18)16(14-10-6-7-11-14)12-8-4-2-1-3-5-9-13-16;1-8-7-5-3-2-4-6-7;;;;;/h6-7,10H,1-5,8-9,11-13H2,(H2,17,18);2-6,8H,1H3;4*1H3;/q;;;;;;+1/p-1. The van der Waals surface area contributed by atoms with E-state index < -0.39 is 20.2 Å². The number of hydrogen-bond acceptors (Lipinski definition) is 1. The molecule has 0 saturated heterocycles. The van der Waals surface area contributed by atoms with Gasteiger partial charge in [-0.1, -0.05) is 0 Å². The fraction of sp³-hybridized carbons (Fsp3) is 0.593. The molecule has 3 rings (SSSR count). The third-order valence-corrected chi connectivity index (χ3v) is 36.3. The molecule has 1 aromatic rings. The van der Waals surface area contributed by atoms with E-state index in [1.807, 2.05) is 0 Å². The van der Waals surface area contributed by atoms with Gasteiger partial charge in [-0.2, -0.15) is 0 Å². The van der Waals surface area contributed by atoms with Gasteiger partial charge in [0.05, 0.1) is 0 Å². The Morgan fingerprint density at radius 2 is 1.45 bits per heavy atom. The van der Waals surface area contributed by atoms with Gasteiger partial charge in [-0.25, -0.2) is 0 Å². The number of allylic oxidation sites excluding steroid dienone is 3. The molecule has 1 saturated carbocycles. The molecule has 0 aromatic heterocycles. The van der Waals surface area contributed by atoms with E-state index in [-0.39, 0.29) is 5.41 Å². The Balaban J connectivity index is 1.96. The van der Waals surface area contributed by atoms with E-state index in [1.165, 1.54) is 55.7 Å². The Morgan fingerprint density at radius 3 is 1.97 bits per heavy atom. The summed E-state index contributed by atoms with van der Waals surface area (Å²) < 4.78 is 3.92. The first-order valence-corrected chi connectivity index (χ1v) is 24.7. The van der Waals surface area contributed by atoms with Gasteiger partial charge in [0, 0.05) is 0 Å². The van der Waals surface area contributed by atoms with E-state index in [2.05, 4.69) is 79.8 Å². The minimum absolute atomic E-state index is 0.319. The number of benzene rings is 1. The van der Waals surface area contributed by atoms with E-state index in [4.69, 9.17) is 0 Å². The van der Waals surface area contributed by atoms with Crippen molar-refractivity contribution in [3.8, 4) is 0 Å². The van der Waals surface area contributed by atoms with Gasteiger partial charge in [-0.05, 0) is 0 Å². The zero-order valence-corrected chi connectivity index (χ0v) is 23.4. The van der Waals surface area contributed by atoms with Crippen molar-refractivity contribution in [2.24, 2.45) is 5.41 Å². The summed E-state index contributed by atoms with van der Waals surface area (Å²) in [5.74, 6) is 0.346. The van der Waals surface area contributed by atoms with Gasteiger partial charge in [-0.3, -0.25) is 0 Å². The van der Waals surface area contributed by atoms with Crippen LogP contribution < -0.4 is 8.99 Å². The molecule has 1 unspecified atom stereocenters. The SMILES string of the molecule is C[SiH](c1ccccc1)[Ti]([CH3])([CH3])([CH3])([CH3])[NH]C(=O)C1(C2=CC=CC2)CCCCCCCCC1. The monoisotopic (exact) mass is 475 g/mol. The molecule has 1 aromatic carbocycles. The van der Waals surface area contributed by atoms with Gasteiger partial charge in [0.15, 0.2) is 0 Å². The molecule has 1 fully saturated rings. The molecule has 0 heterocycles. The molecule has 2 aliphatic carbocycles. The van der Waals surface area contributed by atoms with E-state index in [0.717, 1.165) is 19.3 Å². The van der Waals surface area contributed by atoms with Crippen LogP contribution in [0.3, 0.4) is 0 Å². The average molecular weight is 476 g/mol. The maximum atomic E-state index is 14.4. The summed E-state index contributed by atoms with van der Waals surface area (Å²) in [4.78, 5) is 14.4. The molecule has 0 aliphatic heterocycles. The zero-order valence-electron chi connectivity index (χ0n) is 20.7. The van der Waals surface area contributed by atoms with Crippen LogP contribution in [0.4, 0.5) is 0 Å². The van der Waals surface area contributed by atoms with Crippen molar-refractivity contribution in [2.45, 2.75) is 91.7 Å². The van der Waals surface area contributed by atoms with Crippen molar-refractivity contribution in [3.63, 3.8) is 0 Å². The predicted octanol–water partition coefficient (Wildman–Crippen LogP) is 7.09. The van der Waals surface area contributed by atoms with Crippen molar-refractivity contribution in [3.05, 3.63) is 54.1 Å². The molecule has 0 bridgehead atoms. The molecule has 2 nitrogen and oxygen atoms in total. The van der Waals surface area contributed by atoms with Gasteiger partial charge in [0.25, 0.3) is 0 Å². The summed E-state index contributed by atoms with van der Waals surface area (Å²) in [7, 11) is 0. The van der Waals surface area contributed by atoms with Gasteiger partial charge in [0.1, 0.15) is 0 Å². The summed E-state index contributed by atoms with van der Waals surface area (Å²) in [6.45, 7) is 1.08. The topological polar surface area (TPSA) is 29.1 Å². The molecule has 31 heavy (non-hydrogen) atoms. The van der Waals surface area contributed by atoms with E-state index >= 15 is 0 Å². The second kappa shape index (κ2) is 8.80. The summed E-state index contributed by atoms with van der Waals surface area (Å²) in [6, 6.07) is 11.0. The second-order valence-corrected chi connectivity index (χ2v) is 47.1. The maximum absolute atomic E-state index is 14.4. The predicted molar refractivity (Wildman–Crippen MR) is 137 cm³/mol. The molecule has 4 heteroatoms. The first kappa shape index (κ1) is 24.7. The number of amides is 1. The van der Waals surface area contributed by atoms with Gasteiger partial charge in [-0.15, -0.1) is 0 Å². The third-order valence-electron chi connectivity index (χ3n) is 8.46. The third kappa shape index (κ3) is 5.73. The van der Waals surface area contributed by atoms with Crippen LogP contribution in [-0.4, -0.2) is 12.6 Å². The Labute approximate surface area is 190 Å². The molecular weight excluding hydrogens is 430 g/mol. The Hall–Kier alpha value is -0.899. The van der Waals surface area contributed by atoms with Crippen LogP contribution in [0, 0.1) is 5.41 Å². The molecule has 0 spiro atoms. The Kier molecular flexibility index (Phi) is 7.02. The summed E-state index contributed by atoms with van der Waals surface area (Å²) in [5, 5.41) is 11.4. The van der Waals surface area contributed by atoms with E-state index in [0.29, 0.717) is 5.91 Å². The average Bonchev–Trinajstić information content (AvgIpc) is 3.26. The van der Waals surface area contributed by atoms with Crippen LogP contribution in [-0.2, 0) is 18.3 Å². The quantitative estimate of drug-likeness (QED) is 0.453. The molecule has 2 aliphatic rings. The fourth-order valence-electron chi connectivity index (χ4n) is 5.60. The summed E-state index contributed by atoms with van der Waals surface area (Å²) >= 11 is -3.79.